The van der Waals surface area contributed by atoms with E-state index in [-0.39, 0.29) is 22.0 Å². The van der Waals surface area contributed by atoms with Gasteiger partial charge in [-0.25, -0.2) is 4.98 Å². The summed E-state index contributed by atoms with van der Waals surface area (Å²) < 4.78 is 38.9. The van der Waals surface area contributed by atoms with Gasteiger partial charge in [0.25, 0.3) is 0 Å². The molecule has 9 heteroatoms. The Morgan fingerprint density at radius 2 is 2.12 bits per heavy atom. The highest BCUT2D eigenvalue weighted by Gasteiger charge is 2.33. The van der Waals surface area contributed by atoms with Crippen molar-refractivity contribution in [1.29, 1.82) is 0 Å². The molecule has 1 N–H and O–H groups in total. The average Bonchev–Trinajstić information content (AvgIpc) is 2.63. The first-order chi connectivity index (χ1) is 12.3. The van der Waals surface area contributed by atoms with Crippen LogP contribution in [0.3, 0.4) is 0 Å². The zero-order valence-electron chi connectivity index (χ0n) is 13.6. The predicted octanol–water partition coefficient (Wildman–Crippen LogP) is 4.11. The minimum atomic E-state index is -4.49. The number of carbonyl (C=O) groups excluding carboxylic acids is 1. The number of halogens is 4. The summed E-state index contributed by atoms with van der Waals surface area (Å²) in [4.78, 5) is 22.7. The summed E-state index contributed by atoms with van der Waals surface area (Å²) in [6, 6.07) is 3.66. The van der Waals surface area contributed by atoms with Crippen LogP contribution in [0.15, 0.2) is 41.3 Å². The third kappa shape index (κ3) is 4.32. The van der Waals surface area contributed by atoms with Crippen molar-refractivity contribution in [2.24, 2.45) is 5.92 Å². The highest BCUT2D eigenvalue weighted by Crippen LogP contribution is 2.36. The lowest BCUT2D eigenvalue weighted by Crippen LogP contribution is -2.41. The monoisotopic (exact) mass is 428 g/mol. The molecule has 0 spiro atoms. The Hall–Kier alpha value is -2.16. The molecule has 0 radical (unpaired) electrons. The van der Waals surface area contributed by atoms with Gasteiger partial charge >= 0.3 is 6.18 Å². The lowest BCUT2D eigenvalue weighted by molar-refractivity contribution is -0.138. The highest BCUT2D eigenvalue weighted by molar-refractivity contribution is 9.10. The van der Waals surface area contributed by atoms with Crippen LogP contribution in [-0.4, -0.2) is 29.0 Å². The van der Waals surface area contributed by atoms with E-state index in [4.69, 9.17) is 0 Å². The van der Waals surface area contributed by atoms with Crippen molar-refractivity contribution < 1.29 is 18.0 Å². The number of anilines is 2. The Morgan fingerprint density at radius 3 is 2.81 bits per heavy atom. The number of benzene rings is 1. The molecule has 1 aromatic heterocycles. The minimum Gasteiger partial charge on any atom is -0.355 e. The van der Waals surface area contributed by atoms with Crippen LogP contribution in [0.1, 0.15) is 18.4 Å². The molecule has 1 fully saturated rings. The number of nitrogens with zero attached hydrogens (tertiary/aromatic N) is 3. The third-order valence-electron chi connectivity index (χ3n) is 4.21. The van der Waals surface area contributed by atoms with E-state index >= 15 is 0 Å². The molecule has 1 amide bonds. The van der Waals surface area contributed by atoms with Gasteiger partial charge in [0.15, 0.2) is 0 Å². The lowest BCUT2D eigenvalue weighted by atomic mass is 9.97. The molecular formula is C17H16BrF3N4O. The van der Waals surface area contributed by atoms with E-state index in [1.54, 1.807) is 18.6 Å². The van der Waals surface area contributed by atoms with Crippen LogP contribution in [0.25, 0.3) is 0 Å². The SMILES string of the molecule is O=C(Nc1ccc(Br)c(C(F)(F)F)c1)[C@@H]1CCCN(c2cnccn2)C1. The quantitative estimate of drug-likeness (QED) is 0.798. The number of hydrogen-bond acceptors (Lipinski definition) is 4. The van der Waals surface area contributed by atoms with Gasteiger partial charge in [-0.05, 0) is 31.0 Å². The van der Waals surface area contributed by atoms with Crippen molar-refractivity contribution in [2.45, 2.75) is 19.0 Å². The van der Waals surface area contributed by atoms with Crippen LogP contribution in [-0.2, 0) is 11.0 Å². The van der Waals surface area contributed by atoms with Crippen molar-refractivity contribution >= 4 is 33.3 Å². The topological polar surface area (TPSA) is 58.1 Å². The normalized spacial score (nSPS) is 17.8. The molecule has 26 heavy (non-hydrogen) atoms. The Kier molecular flexibility index (Phi) is 5.45. The molecule has 3 rings (SSSR count). The van der Waals surface area contributed by atoms with Crippen LogP contribution >= 0.6 is 15.9 Å². The maximum atomic E-state index is 13.0. The van der Waals surface area contributed by atoms with Gasteiger partial charge in [-0.15, -0.1) is 0 Å². The molecular weight excluding hydrogens is 413 g/mol. The minimum absolute atomic E-state index is 0.0607. The van der Waals surface area contributed by atoms with Gasteiger partial charge in [-0.3, -0.25) is 9.78 Å². The van der Waals surface area contributed by atoms with Crippen LogP contribution < -0.4 is 10.2 Å². The summed E-state index contributed by atoms with van der Waals surface area (Å²) in [6.45, 7) is 1.21. The van der Waals surface area contributed by atoms with Crippen LogP contribution in [0.4, 0.5) is 24.7 Å². The van der Waals surface area contributed by atoms with Crippen molar-refractivity contribution in [3.05, 3.63) is 46.8 Å². The molecule has 5 nitrogen and oxygen atoms in total. The lowest BCUT2D eigenvalue weighted by Gasteiger charge is -2.32. The van der Waals surface area contributed by atoms with Crippen molar-refractivity contribution in [2.75, 3.05) is 23.3 Å². The van der Waals surface area contributed by atoms with Gasteiger partial charge in [0.1, 0.15) is 5.82 Å². The maximum Gasteiger partial charge on any atom is 0.417 e. The first-order valence-corrected chi connectivity index (χ1v) is 8.82. The molecule has 1 saturated heterocycles. The summed E-state index contributed by atoms with van der Waals surface area (Å²) in [7, 11) is 0. The summed E-state index contributed by atoms with van der Waals surface area (Å²) >= 11 is 2.89. The molecule has 0 bridgehead atoms. The number of piperidine rings is 1. The molecule has 1 aromatic carbocycles. The average molecular weight is 429 g/mol. The van der Waals surface area contributed by atoms with E-state index in [1.165, 1.54) is 12.1 Å². The molecule has 0 unspecified atom stereocenters. The number of rotatable bonds is 3. The van der Waals surface area contributed by atoms with Gasteiger partial charge < -0.3 is 10.2 Å². The first-order valence-electron chi connectivity index (χ1n) is 8.03. The zero-order valence-corrected chi connectivity index (χ0v) is 15.2. The van der Waals surface area contributed by atoms with E-state index in [0.29, 0.717) is 18.8 Å². The van der Waals surface area contributed by atoms with Crippen LogP contribution in [0.2, 0.25) is 0 Å². The number of nitrogens with one attached hydrogen (secondary N) is 1. The van der Waals surface area contributed by atoms with Gasteiger partial charge in [0, 0.05) is 35.6 Å². The van der Waals surface area contributed by atoms with E-state index in [9.17, 15) is 18.0 Å². The Labute approximate surface area is 156 Å². The van der Waals surface area contributed by atoms with E-state index < -0.39 is 11.7 Å². The number of carbonyl (C=O) groups is 1. The molecule has 138 valence electrons. The highest BCUT2D eigenvalue weighted by atomic mass is 79.9. The van der Waals surface area contributed by atoms with Gasteiger partial charge in [-0.2, -0.15) is 13.2 Å². The van der Waals surface area contributed by atoms with Crippen molar-refractivity contribution in [1.82, 2.24) is 9.97 Å². The second kappa shape index (κ2) is 7.61. The standard InChI is InChI=1S/C17H16BrF3N4O/c18-14-4-3-12(8-13(14)17(19,20)21)24-16(26)11-2-1-7-25(10-11)15-9-22-5-6-23-15/h3-6,8-9,11H,1-2,7,10H2,(H,24,26)/t11-/m1/s1. The third-order valence-corrected chi connectivity index (χ3v) is 4.90. The Morgan fingerprint density at radius 1 is 1.31 bits per heavy atom. The molecule has 0 saturated carbocycles. The summed E-state index contributed by atoms with van der Waals surface area (Å²) in [5, 5.41) is 2.60. The van der Waals surface area contributed by atoms with Gasteiger partial charge in [-0.1, -0.05) is 15.9 Å². The van der Waals surface area contributed by atoms with Gasteiger partial charge in [0.2, 0.25) is 5.91 Å². The summed E-state index contributed by atoms with van der Waals surface area (Å²) in [5.41, 5.74) is -0.692. The largest absolute Gasteiger partial charge is 0.417 e. The van der Waals surface area contributed by atoms with Crippen molar-refractivity contribution in [3.63, 3.8) is 0 Å². The number of amides is 1. The number of hydrogen-bond donors (Lipinski definition) is 1. The van der Waals surface area contributed by atoms with E-state index in [0.717, 1.165) is 19.0 Å². The second-order valence-electron chi connectivity index (χ2n) is 6.03. The zero-order chi connectivity index (χ0) is 18.7. The Balaban J connectivity index is 1.70. The van der Waals surface area contributed by atoms with E-state index in [2.05, 4.69) is 31.2 Å². The molecule has 1 aliphatic rings. The van der Waals surface area contributed by atoms with Crippen molar-refractivity contribution in [3.8, 4) is 0 Å². The molecule has 1 atom stereocenters. The molecule has 0 aliphatic carbocycles. The fourth-order valence-corrected chi connectivity index (χ4v) is 3.39. The summed E-state index contributed by atoms with van der Waals surface area (Å²) in [6.07, 6.45) is 1.76. The van der Waals surface area contributed by atoms with Crippen LogP contribution in [0.5, 0.6) is 0 Å². The molecule has 2 aromatic rings. The summed E-state index contributed by atoms with van der Waals surface area (Å²) in [5.74, 6) is 0.0609. The Bertz CT molecular complexity index is 785. The first kappa shape index (κ1) is 18.6. The number of alkyl halides is 3. The second-order valence-corrected chi connectivity index (χ2v) is 6.88. The fraction of sp³-hybridized carbons (Fsp3) is 0.353. The van der Waals surface area contributed by atoms with Crippen LogP contribution in [0, 0.1) is 5.92 Å². The predicted molar refractivity (Wildman–Crippen MR) is 94.7 cm³/mol. The van der Waals surface area contributed by atoms with E-state index in [1.807, 2.05) is 4.90 Å². The molecule has 2 heterocycles. The smallest absolute Gasteiger partial charge is 0.355 e. The fourth-order valence-electron chi connectivity index (χ4n) is 2.92. The number of aromatic nitrogens is 2. The maximum absolute atomic E-state index is 13.0. The molecule has 1 aliphatic heterocycles. The van der Waals surface area contributed by atoms with Gasteiger partial charge in [0.05, 0.1) is 17.7 Å².